The van der Waals surface area contributed by atoms with E-state index < -0.39 is 0 Å². The number of carbonyl (C=O) groups is 1. The van der Waals surface area contributed by atoms with Crippen molar-refractivity contribution in [3.05, 3.63) is 40.9 Å². The number of thiophene rings is 1. The first kappa shape index (κ1) is 16.7. The smallest absolute Gasteiger partial charge is 0.231 e. The first-order valence-corrected chi connectivity index (χ1v) is 10.2. The molecule has 2 aliphatic rings. The Labute approximate surface area is 160 Å². The van der Waals surface area contributed by atoms with Crippen molar-refractivity contribution in [2.75, 3.05) is 0 Å². The molecule has 1 amide bonds. The minimum Gasteiger partial charge on any atom is -0.350 e. The SMILES string of the molecule is Cc1ccc(-c2noc([C@H]3[C@@H]4CC[C@@H](C4)[C@@H]3C(=O)NCc3ccn[nH]3)n2)s1. The predicted octanol–water partition coefficient (Wildman–Crippen LogP) is 3.28. The second-order valence-corrected chi connectivity index (χ2v) is 8.84. The van der Waals surface area contributed by atoms with Crippen LogP contribution in [-0.4, -0.2) is 26.2 Å². The summed E-state index contributed by atoms with van der Waals surface area (Å²) in [5.74, 6) is 2.11. The first-order chi connectivity index (χ1) is 13.2. The summed E-state index contributed by atoms with van der Waals surface area (Å²) in [6, 6.07) is 5.94. The lowest BCUT2D eigenvalue weighted by Gasteiger charge is -2.27. The quantitative estimate of drug-likeness (QED) is 0.705. The van der Waals surface area contributed by atoms with Gasteiger partial charge in [-0.05, 0) is 56.2 Å². The number of carbonyl (C=O) groups excluding carboxylic acids is 1. The van der Waals surface area contributed by atoms with E-state index in [0.717, 1.165) is 29.8 Å². The fourth-order valence-electron chi connectivity index (χ4n) is 4.73. The lowest BCUT2D eigenvalue weighted by Crippen LogP contribution is -2.37. The summed E-state index contributed by atoms with van der Waals surface area (Å²) in [5, 5.41) is 14.0. The number of aromatic amines is 1. The molecule has 3 heterocycles. The molecule has 0 saturated heterocycles. The highest BCUT2D eigenvalue weighted by Gasteiger charge is 2.53. The number of aryl methyl sites for hydroxylation is 1. The molecule has 3 aromatic heterocycles. The molecule has 2 aliphatic carbocycles. The van der Waals surface area contributed by atoms with Gasteiger partial charge in [0.05, 0.1) is 29.0 Å². The van der Waals surface area contributed by atoms with Crippen LogP contribution in [0.5, 0.6) is 0 Å². The van der Waals surface area contributed by atoms with E-state index in [1.807, 2.05) is 12.1 Å². The van der Waals surface area contributed by atoms with Gasteiger partial charge in [0, 0.05) is 11.1 Å². The number of aromatic nitrogens is 4. The van der Waals surface area contributed by atoms with E-state index in [1.54, 1.807) is 17.5 Å². The van der Waals surface area contributed by atoms with Gasteiger partial charge in [0.25, 0.3) is 0 Å². The molecule has 4 atom stereocenters. The third kappa shape index (κ3) is 2.97. The summed E-state index contributed by atoms with van der Waals surface area (Å²) >= 11 is 1.65. The Morgan fingerprint density at radius 2 is 2.22 bits per heavy atom. The van der Waals surface area contributed by atoms with Crippen LogP contribution in [0.25, 0.3) is 10.7 Å². The Hall–Kier alpha value is -2.48. The van der Waals surface area contributed by atoms with Crippen molar-refractivity contribution in [1.82, 2.24) is 25.7 Å². The fourth-order valence-corrected chi connectivity index (χ4v) is 5.53. The summed E-state index contributed by atoms with van der Waals surface area (Å²) in [4.78, 5) is 19.9. The summed E-state index contributed by atoms with van der Waals surface area (Å²) in [6.07, 6.45) is 5.00. The van der Waals surface area contributed by atoms with Crippen molar-refractivity contribution in [1.29, 1.82) is 0 Å². The minimum atomic E-state index is -0.0926. The van der Waals surface area contributed by atoms with Gasteiger partial charge in [-0.25, -0.2) is 0 Å². The number of amides is 1. The highest BCUT2D eigenvalue weighted by molar-refractivity contribution is 7.15. The summed E-state index contributed by atoms with van der Waals surface area (Å²) in [7, 11) is 0. The van der Waals surface area contributed by atoms with Crippen molar-refractivity contribution in [2.24, 2.45) is 17.8 Å². The van der Waals surface area contributed by atoms with Crippen LogP contribution in [0, 0.1) is 24.7 Å². The van der Waals surface area contributed by atoms with Crippen LogP contribution in [0.3, 0.4) is 0 Å². The van der Waals surface area contributed by atoms with Crippen LogP contribution in [0.2, 0.25) is 0 Å². The van der Waals surface area contributed by atoms with Crippen LogP contribution in [-0.2, 0) is 11.3 Å². The molecule has 0 spiro atoms. The van der Waals surface area contributed by atoms with Gasteiger partial charge in [-0.15, -0.1) is 11.3 Å². The Morgan fingerprint density at radius 1 is 1.33 bits per heavy atom. The first-order valence-electron chi connectivity index (χ1n) is 9.35. The van der Waals surface area contributed by atoms with Gasteiger partial charge >= 0.3 is 0 Å². The molecule has 2 fully saturated rings. The Morgan fingerprint density at radius 3 is 3.00 bits per heavy atom. The Bertz CT molecular complexity index is 947. The van der Waals surface area contributed by atoms with Crippen molar-refractivity contribution < 1.29 is 9.32 Å². The monoisotopic (exact) mass is 383 g/mol. The average molecular weight is 383 g/mol. The van der Waals surface area contributed by atoms with E-state index >= 15 is 0 Å². The number of rotatable bonds is 5. The van der Waals surface area contributed by atoms with Crippen LogP contribution >= 0.6 is 11.3 Å². The van der Waals surface area contributed by atoms with E-state index in [9.17, 15) is 4.79 Å². The number of nitrogens with one attached hydrogen (secondary N) is 2. The molecule has 7 nitrogen and oxygen atoms in total. The zero-order chi connectivity index (χ0) is 18.4. The highest BCUT2D eigenvalue weighted by Crippen LogP contribution is 2.56. The van der Waals surface area contributed by atoms with Crippen molar-refractivity contribution in [3.8, 4) is 10.7 Å². The average Bonchev–Trinajstić information content (AvgIpc) is 3.47. The standard InChI is InChI=1S/C19H21N5O2S/c1-10-2-5-14(27-10)17-22-19(26-24-17)16-12-4-3-11(8-12)15(16)18(25)20-9-13-6-7-21-23-13/h2,5-7,11-12,15-16H,3-4,8-9H2,1H3,(H,20,25)(H,21,23)/t11-,12+,15-,16-/m0/s1. The van der Waals surface area contributed by atoms with Gasteiger partial charge in [0.1, 0.15) is 0 Å². The lowest BCUT2D eigenvalue weighted by molar-refractivity contribution is -0.127. The van der Waals surface area contributed by atoms with Gasteiger partial charge in [-0.1, -0.05) is 5.16 Å². The van der Waals surface area contributed by atoms with Crippen LogP contribution < -0.4 is 5.32 Å². The maximum atomic E-state index is 13.0. The van der Waals surface area contributed by atoms with Gasteiger partial charge < -0.3 is 9.84 Å². The third-order valence-corrected chi connectivity index (χ3v) is 6.91. The van der Waals surface area contributed by atoms with Gasteiger partial charge in [-0.2, -0.15) is 10.1 Å². The van der Waals surface area contributed by atoms with E-state index in [2.05, 4.69) is 38.6 Å². The molecule has 3 aromatic rings. The van der Waals surface area contributed by atoms with E-state index in [4.69, 9.17) is 4.52 Å². The number of hydrogen-bond acceptors (Lipinski definition) is 6. The van der Waals surface area contributed by atoms with E-state index in [1.165, 1.54) is 4.88 Å². The Kier molecular flexibility index (Phi) is 4.07. The van der Waals surface area contributed by atoms with E-state index in [0.29, 0.717) is 30.1 Å². The van der Waals surface area contributed by atoms with E-state index in [-0.39, 0.29) is 17.7 Å². The molecule has 2 bridgehead atoms. The number of H-pyrrole nitrogens is 1. The fraction of sp³-hybridized carbons (Fsp3) is 0.474. The zero-order valence-electron chi connectivity index (χ0n) is 15.0. The Balaban J connectivity index is 1.37. The molecule has 2 saturated carbocycles. The topological polar surface area (TPSA) is 96.7 Å². The molecule has 8 heteroatoms. The molecule has 0 aliphatic heterocycles. The molecule has 0 radical (unpaired) electrons. The number of hydrogen-bond donors (Lipinski definition) is 2. The van der Waals surface area contributed by atoms with Gasteiger partial charge in [0.15, 0.2) is 0 Å². The van der Waals surface area contributed by atoms with Gasteiger partial charge in [-0.3, -0.25) is 9.89 Å². The molecule has 0 aromatic carbocycles. The van der Waals surface area contributed by atoms with Crippen molar-refractivity contribution in [3.63, 3.8) is 0 Å². The second-order valence-electron chi connectivity index (χ2n) is 7.55. The van der Waals surface area contributed by atoms with Crippen LogP contribution in [0.1, 0.15) is 41.6 Å². The number of nitrogens with zero attached hydrogens (tertiary/aromatic N) is 3. The summed E-state index contributed by atoms with van der Waals surface area (Å²) in [6.45, 7) is 2.52. The molecule has 140 valence electrons. The molecule has 5 rings (SSSR count). The van der Waals surface area contributed by atoms with Crippen LogP contribution in [0.15, 0.2) is 28.9 Å². The normalized spacial score (nSPS) is 26.6. The highest BCUT2D eigenvalue weighted by atomic mass is 32.1. The molecule has 27 heavy (non-hydrogen) atoms. The lowest BCUT2D eigenvalue weighted by atomic mass is 9.78. The summed E-state index contributed by atoms with van der Waals surface area (Å²) in [5.41, 5.74) is 0.899. The maximum Gasteiger partial charge on any atom is 0.231 e. The second kappa shape index (κ2) is 6.60. The van der Waals surface area contributed by atoms with Gasteiger partial charge in [0.2, 0.25) is 17.6 Å². The molecule has 0 unspecified atom stereocenters. The minimum absolute atomic E-state index is 0.0211. The number of fused-ring (bicyclic) bond motifs is 2. The molecule has 2 N–H and O–H groups in total. The van der Waals surface area contributed by atoms with Crippen molar-refractivity contribution >= 4 is 17.2 Å². The molecular weight excluding hydrogens is 362 g/mol. The molecular formula is C19H21N5O2S. The third-order valence-electron chi connectivity index (χ3n) is 5.92. The van der Waals surface area contributed by atoms with Crippen molar-refractivity contribution in [2.45, 2.75) is 38.6 Å². The summed E-state index contributed by atoms with van der Waals surface area (Å²) < 4.78 is 5.65. The van der Waals surface area contributed by atoms with Crippen LogP contribution in [0.4, 0.5) is 0 Å². The predicted molar refractivity (Wildman–Crippen MR) is 99.8 cm³/mol. The zero-order valence-corrected chi connectivity index (χ0v) is 15.8. The maximum absolute atomic E-state index is 13.0. The largest absolute Gasteiger partial charge is 0.350 e.